The van der Waals surface area contributed by atoms with Gasteiger partial charge in [0, 0.05) is 18.7 Å². The highest BCUT2D eigenvalue weighted by molar-refractivity contribution is 6.02. The maximum atomic E-state index is 13.4. The van der Waals surface area contributed by atoms with Crippen LogP contribution in [-0.2, 0) is 4.79 Å². The molecule has 0 unspecified atom stereocenters. The van der Waals surface area contributed by atoms with Crippen molar-refractivity contribution in [2.75, 3.05) is 13.1 Å². The van der Waals surface area contributed by atoms with Gasteiger partial charge in [0.15, 0.2) is 0 Å². The maximum Gasteiger partial charge on any atom is 0.254 e. The van der Waals surface area contributed by atoms with Gasteiger partial charge in [-0.05, 0) is 37.3 Å². The summed E-state index contributed by atoms with van der Waals surface area (Å²) in [6, 6.07) is 7.77. The number of nitrogens with zero attached hydrogens (tertiary/aromatic N) is 1. The molecule has 1 aromatic rings. The first-order chi connectivity index (χ1) is 12.7. The molecule has 0 saturated heterocycles. The first-order valence-electron chi connectivity index (χ1n) is 10.3. The van der Waals surface area contributed by atoms with Crippen molar-refractivity contribution in [1.29, 1.82) is 0 Å². The van der Waals surface area contributed by atoms with Gasteiger partial charge in [-0.15, -0.1) is 0 Å². The molecule has 4 nitrogen and oxygen atoms in total. The lowest BCUT2D eigenvalue weighted by atomic mass is 9.65. The molecule has 0 radical (unpaired) electrons. The van der Waals surface area contributed by atoms with E-state index >= 15 is 0 Å². The Bertz CT molecular complexity index is 649. The number of amides is 2. The maximum absolute atomic E-state index is 13.4. The Labute approximate surface area is 157 Å². The predicted molar refractivity (Wildman–Crippen MR) is 104 cm³/mol. The highest BCUT2D eigenvalue weighted by Crippen LogP contribution is 2.49. The summed E-state index contributed by atoms with van der Waals surface area (Å²) in [6.45, 7) is 5.67. The van der Waals surface area contributed by atoms with E-state index < -0.39 is 0 Å². The molecular formula is C22H32N2O2. The van der Waals surface area contributed by atoms with Gasteiger partial charge in [0.05, 0.1) is 11.5 Å². The zero-order chi connectivity index (χ0) is 18.6. The molecule has 1 heterocycles. The van der Waals surface area contributed by atoms with Crippen LogP contribution >= 0.6 is 0 Å². The molecule has 1 aliphatic heterocycles. The molecule has 26 heavy (non-hydrogen) atoms. The second-order valence-electron chi connectivity index (χ2n) is 7.79. The van der Waals surface area contributed by atoms with E-state index in [2.05, 4.69) is 24.1 Å². The topological polar surface area (TPSA) is 49.4 Å². The van der Waals surface area contributed by atoms with Gasteiger partial charge < -0.3 is 10.2 Å². The lowest BCUT2D eigenvalue weighted by Crippen LogP contribution is -2.62. The van der Waals surface area contributed by atoms with Crippen LogP contribution in [-0.4, -0.2) is 35.3 Å². The summed E-state index contributed by atoms with van der Waals surface area (Å²) < 4.78 is 0. The average molecular weight is 357 g/mol. The molecule has 1 aliphatic carbocycles. The van der Waals surface area contributed by atoms with Crippen LogP contribution in [0.25, 0.3) is 0 Å². The third kappa shape index (κ3) is 3.26. The monoisotopic (exact) mass is 356 g/mol. The van der Waals surface area contributed by atoms with Crippen molar-refractivity contribution >= 4 is 11.8 Å². The van der Waals surface area contributed by atoms with Gasteiger partial charge in [-0.2, -0.15) is 0 Å². The number of benzene rings is 1. The Morgan fingerprint density at radius 3 is 2.58 bits per heavy atom. The number of fused-ring (bicyclic) bond motifs is 1. The van der Waals surface area contributed by atoms with Gasteiger partial charge in [0.2, 0.25) is 5.91 Å². The van der Waals surface area contributed by atoms with E-state index in [4.69, 9.17) is 0 Å². The van der Waals surface area contributed by atoms with Gasteiger partial charge >= 0.3 is 0 Å². The van der Waals surface area contributed by atoms with Crippen molar-refractivity contribution < 1.29 is 9.59 Å². The number of nitrogens with one attached hydrogen (secondary N) is 1. The fourth-order valence-corrected chi connectivity index (χ4v) is 4.83. The summed E-state index contributed by atoms with van der Waals surface area (Å²) in [5.74, 6) is -0.0363. The normalized spacial score (nSPS) is 21.5. The molecule has 2 amide bonds. The Balaban J connectivity index is 2.10. The largest absolute Gasteiger partial charge is 0.356 e. The Morgan fingerprint density at radius 1 is 1.15 bits per heavy atom. The molecule has 1 aromatic carbocycles. The zero-order valence-electron chi connectivity index (χ0n) is 16.2. The van der Waals surface area contributed by atoms with Crippen LogP contribution in [0.15, 0.2) is 24.3 Å². The van der Waals surface area contributed by atoms with Crippen molar-refractivity contribution in [2.45, 2.75) is 76.7 Å². The lowest BCUT2D eigenvalue weighted by molar-refractivity contribution is -0.127. The number of hydrogen-bond donors (Lipinski definition) is 1. The number of carbonyl (C=O) groups excluding carboxylic acids is 2. The first kappa shape index (κ1) is 18.9. The Kier molecular flexibility index (Phi) is 6.00. The van der Waals surface area contributed by atoms with Gasteiger partial charge in [-0.3, -0.25) is 9.59 Å². The van der Waals surface area contributed by atoms with E-state index in [0.717, 1.165) is 62.6 Å². The average Bonchev–Trinajstić information content (AvgIpc) is 2.67. The van der Waals surface area contributed by atoms with Gasteiger partial charge in [-0.1, -0.05) is 57.7 Å². The summed E-state index contributed by atoms with van der Waals surface area (Å²) in [7, 11) is 0. The van der Waals surface area contributed by atoms with Crippen molar-refractivity contribution in [3.05, 3.63) is 35.4 Å². The molecule has 0 bridgehead atoms. The summed E-state index contributed by atoms with van der Waals surface area (Å²) in [5, 5.41) is 3.13. The van der Waals surface area contributed by atoms with E-state index in [1.54, 1.807) is 0 Å². The molecule has 4 heteroatoms. The summed E-state index contributed by atoms with van der Waals surface area (Å²) in [4.78, 5) is 28.7. The fraction of sp³-hybridized carbons (Fsp3) is 0.636. The summed E-state index contributed by atoms with van der Waals surface area (Å²) in [5.41, 5.74) is 1.30. The van der Waals surface area contributed by atoms with E-state index in [-0.39, 0.29) is 23.3 Å². The molecular weight excluding hydrogens is 324 g/mol. The van der Waals surface area contributed by atoms with E-state index in [0.29, 0.717) is 6.54 Å². The minimum Gasteiger partial charge on any atom is -0.356 e. The highest BCUT2D eigenvalue weighted by atomic mass is 16.2. The van der Waals surface area contributed by atoms with Crippen molar-refractivity contribution in [3.8, 4) is 0 Å². The van der Waals surface area contributed by atoms with Crippen LogP contribution in [0.4, 0.5) is 0 Å². The van der Waals surface area contributed by atoms with E-state index in [9.17, 15) is 9.59 Å². The van der Waals surface area contributed by atoms with E-state index in [1.807, 2.05) is 24.3 Å². The van der Waals surface area contributed by atoms with Crippen molar-refractivity contribution in [2.24, 2.45) is 0 Å². The minimum atomic E-state index is -0.351. The Morgan fingerprint density at radius 2 is 1.88 bits per heavy atom. The lowest BCUT2D eigenvalue weighted by Gasteiger charge is -2.53. The molecule has 1 fully saturated rings. The quantitative estimate of drug-likeness (QED) is 0.828. The zero-order valence-corrected chi connectivity index (χ0v) is 16.2. The molecule has 1 N–H and O–H groups in total. The van der Waals surface area contributed by atoms with Crippen LogP contribution in [0.3, 0.4) is 0 Å². The standard InChI is InChI=1S/C22H32N2O2/c1-3-5-16-24-21(26)18-12-8-7-11-17(18)19(20(25)23-15-4-2)22(24)13-9-6-10-14-22/h7-8,11-12,19H,3-6,9-10,13-16H2,1-2H3,(H,23,25)/t19-/m1/s1. The predicted octanol–water partition coefficient (Wildman–Crippen LogP) is 4.26. The molecule has 2 aliphatic rings. The van der Waals surface area contributed by atoms with Crippen LogP contribution in [0, 0.1) is 0 Å². The van der Waals surface area contributed by atoms with Gasteiger partial charge in [-0.25, -0.2) is 0 Å². The van der Waals surface area contributed by atoms with E-state index in [1.165, 1.54) is 6.42 Å². The summed E-state index contributed by atoms with van der Waals surface area (Å²) in [6.07, 6.45) is 8.20. The minimum absolute atomic E-state index is 0.0928. The highest BCUT2D eigenvalue weighted by Gasteiger charge is 2.54. The SMILES string of the molecule is CCCCN1C(=O)c2ccccc2[C@H](C(=O)NCCC)C12CCCCC2. The smallest absolute Gasteiger partial charge is 0.254 e. The van der Waals surface area contributed by atoms with Crippen LogP contribution in [0.2, 0.25) is 0 Å². The molecule has 1 spiro atoms. The van der Waals surface area contributed by atoms with Crippen LogP contribution < -0.4 is 5.32 Å². The number of hydrogen-bond acceptors (Lipinski definition) is 2. The molecule has 3 rings (SSSR count). The fourth-order valence-electron chi connectivity index (χ4n) is 4.83. The second kappa shape index (κ2) is 8.24. The number of unbranched alkanes of at least 4 members (excludes halogenated alkanes) is 1. The number of rotatable bonds is 6. The molecule has 142 valence electrons. The van der Waals surface area contributed by atoms with Crippen molar-refractivity contribution in [1.82, 2.24) is 10.2 Å². The molecule has 1 atom stereocenters. The van der Waals surface area contributed by atoms with Crippen molar-refractivity contribution in [3.63, 3.8) is 0 Å². The second-order valence-corrected chi connectivity index (χ2v) is 7.79. The number of carbonyl (C=O) groups is 2. The third-order valence-electron chi connectivity index (χ3n) is 6.09. The molecule has 0 aromatic heterocycles. The first-order valence-corrected chi connectivity index (χ1v) is 10.3. The van der Waals surface area contributed by atoms with Crippen LogP contribution in [0.5, 0.6) is 0 Å². The summed E-state index contributed by atoms with van der Waals surface area (Å²) >= 11 is 0. The third-order valence-corrected chi connectivity index (χ3v) is 6.09. The Hall–Kier alpha value is -1.84. The van der Waals surface area contributed by atoms with Gasteiger partial charge in [0.1, 0.15) is 0 Å². The van der Waals surface area contributed by atoms with Crippen LogP contribution in [0.1, 0.15) is 87.1 Å². The van der Waals surface area contributed by atoms with Gasteiger partial charge in [0.25, 0.3) is 5.91 Å². The molecule has 1 saturated carbocycles.